The highest BCUT2D eigenvalue weighted by atomic mass is 32.2. The minimum atomic E-state index is -3.61. The summed E-state index contributed by atoms with van der Waals surface area (Å²) in [6.07, 6.45) is 2.71. The maximum absolute atomic E-state index is 13.4. The highest BCUT2D eigenvalue weighted by Crippen LogP contribution is 2.37. The fraction of sp³-hybridized carbons (Fsp3) is 0.333. The lowest BCUT2D eigenvalue weighted by Crippen LogP contribution is -2.57. The smallest absolute Gasteiger partial charge is 0.209 e. The number of sulfonamides is 1. The second kappa shape index (κ2) is 6.82. The normalized spacial score (nSPS) is 18.4. The molecule has 2 N–H and O–H groups in total. The van der Waals surface area contributed by atoms with E-state index in [9.17, 15) is 17.2 Å². The van der Waals surface area contributed by atoms with E-state index in [0.717, 1.165) is 25.6 Å². The zero-order valence-corrected chi connectivity index (χ0v) is 14.6. The minimum Gasteiger partial charge on any atom is -0.311 e. The largest absolute Gasteiger partial charge is 0.311 e. The first kappa shape index (κ1) is 18.0. The van der Waals surface area contributed by atoms with E-state index in [1.807, 2.05) is 0 Å². The SMILES string of the molecule is CS(=O)(=O)NC(c1ccc(F)cc1)(c1ccc(F)cc1)[C@@H]1CCCN1. The summed E-state index contributed by atoms with van der Waals surface area (Å²) >= 11 is 0. The van der Waals surface area contributed by atoms with Gasteiger partial charge in [0.2, 0.25) is 10.0 Å². The molecule has 134 valence electrons. The minimum absolute atomic E-state index is 0.238. The van der Waals surface area contributed by atoms with Gasteiger partial charge in [-0.25, -0.2) is 17.2 Å². The Morgan fingerprint density at radius 3 is 1.84 bits per heavy atom. The van der Waals surface area contributed by atoms with Crippen molar-refractivity contribution in [1.82, 2.24) is 10.0 Å². The van der Waals surface area contributed by atoms with Gasteiger partial charge < -0.3 is 5.32 Å². The summed E-state index contributed by atoms with van der Waals surface area (Å²) < 4.78 is 54.0. The first-order valence-electron chi connectivity index (χ1n) is 8.06. The van der Waals surface area contributed by atoms with E-state index in [2.05, 4.69) is 10.0 Å². The Morgan fingerprint density at radius 2 is 1.48 bits per heavy atom. The lowest BCUT2D eigenvalue weighted by molar-refractivity contribution is 0.351. The number of rotatable bonds is 5. The van der Waals surface area contributed by atoms with Crippen LogP contribution in [0.3, 0.4) is 0 Å². The van der Waals surface area contributed by atoms with E-state index in [1.54, 1.807) is 24.3 Å². The lowest BCUT2D eigenvalue weighted by atomic mass is 9.77. The molecule has 0 bridgehead atoms. The van der Waals surface area contributed by atoms with Crippen molar-refractivity contribution >= 4 is 10.0 Å². The number of hydrogen-bond donors (Lipinski definition) is 2. The molecule has 3 rings (SSSR count). The Morgan fingerprint density at radius 1 is 1.00 bits per heavy atom. The van der Waals surface area contributed by atoms with Gasteiger partial charge in [-0.15, -0.1) is 0 Å². The molecular weight excluding hydrogens is 346 g/mol. The molecule has 1 atom stereocenters. The second-order valence-electron chi connectivity index (χ2n) is 6.34. The van der Waals surface area contributed by atoms with Crippen LogP contribution >= 0.6 is 0 Å². The van der Waals surface area contributed by atoms with Crippen LogP contribution in [0.2, 0.25) is 0 Å². The van der Waals surface area contributed by atoms with Gasteiger partial charge in [0, 0.05) is 6.04 Å². The summed E-state index contributed by atoms with van der Waals surface area (Å²) in [7, 11) is -3.61. The molecule has 2 aromatic rings. The van der Waals surface area contributed by atoms with Gasteiger partial charge in [0.05, 0.1) is 11.8 Å². The zero-order chi connectivity index (χ0) is 18.1. The van der Waals surface area contributed by atoms with Crippen molar-refractivity contribution in [3.63, 3.8) is 0 Å². The van der Waals surface area contributed by atoms with Crippen LogP contribution in [0.15, 0.2) is 48.5 Å². The Bertz CT molecular complexity index is 785. The van der Waals surface area contributed by atoms with Crippen LogP contribution in [0, 0.1) is 11.6 Å². The van der Waals surface area contributed by atoms with Gasteiger partial charge in [-0.05, 0) is 54.8 Å². The lowest BCUT2D eigenvalue weighted by Gasteiger charge is -2.40. The summed E-state index contributed by atoms with van der Waals surface area (Å²) in [5.74, 6) is -0.814. The predicted octanol–water partition coefficient (Wildman–Crippen LogP) is 2.51. The van der Waals surface area contributed by atoms with Gasteiger partial charge in [-0.1, -0.05) is 24.3 Å². The maximum atomic E-state index is 13.4. The van der Waals surface area contributed by atoms with Crippen molar-refractivity contribution in [2.75, 3.05) is 12.8 Å². The van der Waals surface area contributed by atoms with Gasteiger partial charge in [0.25, 0.3) is 0 Å². The molecule has 1 saturated heterocycles. The average molecular weight is 366 g/mol. The van der Waals surface area contributed by atoms with Crippen molar-refractivity contribution < 1.29 is 17.2 Å². The van der Waals surface area contributed by atoms with Crippen LogP contribution in [0.4, 0.5) is 8.78 Å². The molecule has 0 aliphatic carbocycles. The highest BCUT2D eigenvalue weighted by molar-refractivity contribution is 7.88. The van der Waals surface area contributed by atoms with E-state index in [0.29, 0.717) is 11.1 Å². The second-order valence-corrected chi connectivity index (χ2v) is 8.09. The first-order chi connectivity index (χ1) is 11.8. The molecule has 0 spiro atoms. The molecule has 4 nitrogen and oxygen atoms in total. The quantitative estimate of drug-likeness (QED) is 0.855. The summed E-state index contributed by atoms with van der Waals surface area (Å²) in [6.45, 7) is 0.750. The van der Waals surface area contributed by atoms with E-state index < -0.39 is 27.2 Å². The molecule has 0 amide bonds. The van der Waals surface area contributed by atoms with Gasteiger partial charge in [-0.2, -0.15) is 4.72 Å². The summed E-state index contributed by atoms with van der Waals surface area (Å²) in [5, 5.41) is 3.33. The van der Waals surface area contributed by atoms with E-state index >= 15 is 0 Å². The fourth-order valence-corrected chi connectivity index (χ4v) is 4.49. The van der Waals surface area contributed by atoms with Gasteiger partial charge in [0.1, 0.15) is 11.6 Å². The van der Waals surface area contributed by atoms with Crippen molar-refractivity contribution in [3.8, 4) is 0 Å². The van der Waals surface area contributed by atoms with E-state index in [-0.39, 0.29) is 6.04 Å². The summed E-state index contributed by atoms with van der Waals surface area (Å²) in [4.78, 5) is 0. The van der Waals surface area contributed by atoms with Crippen LogP contribution in [0.25, 0.3) is 0 Å². The Balaban J connectivity index is 2.25. The third-order valence-electron chi connectivity index (χ3n) is 4.53. The molecule has 1 aliphatic heterocycles. The molecular formula is C18H20F2N2O2S. The third kappa shape index (κ3) is 3.73. The van der Waals surface area contributed by atoms with Gasteiger partial charge in [0.15, 0.2) is 0 Å². The van der Waals surface area contributed by atoms with Gasteiger partial charge >= 0.3 is 0 Å². The summed E-state index contributed by atoms with van der Waals surface area (Å²) in [5.41, 5.74) is 0.0570. The molecule has 1 aliphatic rings. The molecule has 1 fully saturated rings. The zero-order valence-electron chi connectivity index (χ0n) is 13.8. The standard InChI is InChI=1S/C18H20F2N2O2S/c1-25(23,24)22-18(17-3-2-12-21-17,13-4-8-15(19)9-5-13)14-6-10-16(20)11-7-14/h4-11,17,21-22H,2-3,12H2,1H3/t17-/m0/s1. The number of hydrogen-bond acceptors (Lipinski definition) is 3. The number of nitrogens with one attached hydrogen (secondary N) is 2. The maximum Gasteiger partial charge on any atom is 0.209 e. The Hall–Kier alpha value is -1.83. The number of halogens is 2. The highest BCUT2D eigenvalue weighted by Gasteiger charge is 2.45. The average Bonchev–Trinajstić information content (AvgIpc) is 3.08. The van der Waals surface area contributed by atoms with Crippen LogP contribution in [0.1, 0.15) is 24.0 Å². The third-order valence-corrected chi connectivity index (χ3v) is 5.22. The molecule has 7 heteroatoms. The topological polar surface area (TPSA) is 58.2 Å². The van der Waals surface area contributed by atoms with Crippen LogP contribution in [-0.2, 0) is 15.6 Å². The van der Waals surface area contributed by atoms with E-state index in [1.165, 1.54) is 24.3 Å². The molecule has 25 heavy (non-hydrogen) atoms. The molecule has 0 unspecified atom stereocenters. The van der Waals surface area contributed by atoms with Crippen LogP contribution in [0.5, 0.6) is 0 Å². The van der Waals surface area contributed by atoms with Crippen molar-refractivity contribution in [3.05, 3.63) is 71.3 Å². The molecule has 0 saturated carbocycles. The monoisotopic (exact) mass is 366 g/mol. The van der Waals surface area contributed by atoms with Crippen molar-refractivity contribution in [2.24, 2.45) is 0 Å². The summed E-state index contributed by atoms with van der Waals surface area (Å²) in [6, 6.07) is 11.2. The fourth-order valence-electron chi connectivity index (χ4n) is 3.53. The predicted molar refractivity (Wildman–Crippen MR) is 92.6 cm³/mol. The van der Waals surface area contributed by atoms with Gasteiger partial charge in [-0.3, -0.25) is 0 Å². The number of benzene rings is 2. The molecule has 1 heterocycles. The molecule has 2 aromatic carbocycles. The van der Waals surface area contributed by atoms with Crippen LogP contribution < -0.4 is 10.0 Å². The van der Waals surface area contributed by atoms with E-state index in [4.69, 9.17) is 0 Å². The Labute approximate surface area is 146 Å². The Kier molecular flexibility index (Phi) is 4.90. The molecule has 0 aromatic heterocycles. The van der Waals surface area contributed by atoms with Crippen molar-refractivity contribution in [1.29, 1.82) is 0 Å². The molecule has 0 radical (unpaired) electrons. The van der Waals surface area contributed by atoms with Crippen LogP contribution in [-0.4, -0.2) is 27.3 Å². The first-order valence-corrected chi connectivity index (χ1v) is 9.95. The van der Waals surface area contributed by atoms with Crippen molar-refractivity contribution in [2.45, 2.75) is 24.4 Å².